The molecule has 0 saturated carbocycles. The van der Waals surface area contributed by atoms with Gasteiger partial charge in [0, 0.05) is 13.2 Å². The molecule has 4 nitrogen and oxygen atoms in total. The summed E-state index contributed by atoms with van der Waals surface area (Å²) in [6, 6.07) is 0. The minimum Gasteiger partial charge on any atom is -0.396 e. The Bertz CT molecular complexity index is 300. The minimum absolute atomic E-state index is 0.0255. The van der Waals surface area contributed by atoms with E-state index in [0.717, 1.165) is 13.0 Å². The lowest BCUT2D eigenvalue weighted by Gasteiger charge is -2.23. The van der Waals surface area contributed by atoms with E-state index in [1.165, 1.54) is 0 Å². The van der Waals surface area contributed by atoms with Crippen LogP contribution in [0, 0.1) is 5.41 Å². The lowest BCUT2D eigenvalue weighted by Crippen LogP contribution is -2.24. The number of nitrogens with zero attached hydrogens (tertiary/aromatic N) is 2. The first kappa shape index (κ1) is 12.2. The molecule has 0 unspecified atom stereocenters. The Morgan fingerprint density at radius 3 is 2.53 bits per heavy atom. The zero-order valence-corrected chi connectivity index (χ0v) is 9.75. The largest absolute Gasteiger partial charge is 0.396 e. The number of hydrogen-bond acceptors (Lipinski definition) is 4. The molecular weight excluding hydrogens is 214 g/mol. The predicted molar refractivity (Wildman–Crippen MR) is 61.0 cm³/mol. The normalized spacial score (nSPS) is 11.5. The van der Waals surface area contributed by atoms with Gasteiger partial charge in [-0.2, -0.15) is 0 Å². The molecule has 0 fully saturated rings. The van der Waals surface area contributed by atoms with Crippen molar-refractivity contribution in [2.75, 3.05) is 18.5 Å². The van der Waals surface area contributed by atoms with Gasteiger partial charge in [0.15, 0.2) is 0 Å². The molecule has 0 aliphatic carbocycles. The lowest BCUT2D eigenvalue weighted by molar-refractivity contribution is 0.220. The fourth-order valence-electron chi connectivity index (χ4n) is 1.11. The molecule has 0 aromatic carbocycles. The van der Waals surface area contributed by atoms with Crippen LogP contribution in [0.5, 0.6) is 0 Å². The average Bonchev–Trinajstić information content (AvgIpc) is 2.17. The van der Waals surface area contributed by atoms with Gasteiger partial charge in [0.2, 0.25) is 5.95 Å². The molecule has 2 N–H and O–H groups in total. The van der Waals surface area contributed by atoms with E-state index in [9.17, 15) is 0 Å². The van der Waals surface area contributed by atoms with Crippen molar-refractivity contribution in [3.63, 3.8) is 0 Å². The van der Waals surface area contributed by atoms with Crippen LogP contribution in [-0.4, -0.2) is 28.2 Å². The second-order valence-electron chi connectivity index (χ2n) is 4.22. The van der Waals surface area contributed by atoms with E-state index in [4.69, 9.17) is 16.7 Å². The number of aromatic nitrogens is 2. The summed E-state index contributed by atoms with van der Waals surface area (Å²) in [5, 5.41) is 12.5. The first-order chi connectivity index (χ1) is 7.03. The Labute approximate surface area is 94.7 Å². The summed E-state index contributed by atoms with van der Waals surface area (Å²) in [5.74, 6) is 0.561. The van der Waals surface area contributed by atoms with Crippen LogP contribution in [0.3, 0.4) is 0 Å². The highest BCUT2D eigenvalue weighted by Crippen LogP contribution is 2.19. The van der Waals surface area contributed by atoms with Crippen molar-refractivity contribution in [3.8, 4) is 0 Å². The van der Waals surface area contributed by atoms with Crippen molar-refractivity contribution in [1.82, 2.24) is 9.97 Å². The van der Waals surface area contributed by atoms with E-state index in [-0.39, 0.29) is 12.0 Å². The first-order valence-electron chi connectivity index (χ1n) is 4.86. The van der Waals surface area contributed by atoms with Crippen LogP contribution in [-0.2, 0) is 0 Å². The summed E-state index contributed by atoms with van der Waals surface area (Å²) in [4.78, 5) is 8.05. The summed E-state index contributed by atoms with van der Waals surface area (Å²) in [7, 11) is 0. The van der Waals surface area contributed by atoms with Crippen molar-refractivity contribution in [2.24, 2.45) is 5.41 Å². The maximum absolute atomic E-state index is 8.86. The molecule has 1 aromatic heterocycles. The van der Waals surface area contributed by atoms with E-state index in [1.54, 1.807) is 12.4 Å². The van der Waals surface area contributed by atoms with Crippen LogP contribution in [0.1, 0.15) is 20.3 Å². The molecular formula is C10H16ClN3O. The number of halogens is 1. The van der Waals surface area contributed by atoms with Gasteiger partial charge in [-0.15, -0.1) is 0 Å². The fraction of sp³-hybridized carbons (Fsp3) is 0.600. The molecule has 0 saturated heterocycles. The Morgan fingerprint density at radius 2 is 2.00 bits per heavy atom. The SMILES string of the molecule is CC(C)(CCO)CNc1ncc(Cl)cn1. The molecule has 0 spiro atoms. The predicted octanol–water partition coefficient (Wildman–Crippen LogP) is 1.95. The zero-order valence-electron chi connectivity index (χ0n) is 9.00. The monoisotopic (exact) mass is 229 g/mol. The Balaban J connectivity index is 2.46. The summed E-state index contributed by atoms with van der Waals surface area (Å²) in [5.41, 5.74) is 0.0255. The lowest BCUT2D eigenvalue weighted by atomic mass is 9.90. The van der Waals surface area contributed by atoms with Gasteiger partial charge in [0.25, 0.3) is 0 Å². The molecule has 0 aliphatic rings. The third kappa shape index (κ3) is 4.44. The molecule has 0 aliphatic heterocycles. The maximum Gasteiger partial charge on any atom is 0.222 e. The third-order valence-electron chi connectivity index (χ3n) is 2.13. The Kier molecular flexibility index (Phi) is 4.29. The summed E-state index contributed by atoms with van der Waals surface area (Å²) >= 11 is 5.67. The molecule has 84 valence electrons. The third-order valence-corrected chi connectivity index (χ3v) is 2.33. The minimum atomic E-state index is 0.0255. The van der Waals surface area contributed by atoms with E-state index in [1.807, 2.05) is 0 Å². The highest BCUT2D eigenvalue weighted by molar-refractivity contribution is 6.30. The molecule has 15 heavy (non-hydrogen) atoms. The number of aliphatic hydroxyl groups is 1. The Morgan fingerprint density at radius 1 is 1.40 bits per heavy atom. The van der Waals surface area contributed by atoms with Gasteiger partial charge in [0.05, 0.1) is 17.4 Å². The highest BCUT2D eigenvalue weighted by atomic mass is 35.5. The Hall–Kier alpha value is -0.870. The standard InChI is InChI=1S/C10H16ClN3O/c1-10(2,3-4-15)7-14-9-12-5-8(11)6-13-9/h5-6,15H,3-4,7H2,1-2H3,(H,12,13,14). The van der Waals surface area contributed by atoms with E-state index >= 15 is 0 Å². The van der Waals surface area contributed by atoms with Crippen LogP contribution < -0.4 is 5.32 Å². The highest BCUT2D eigenvalue weighted by Gasteiger charge is 2.16. The van der Waals surface area contributed by atoms with Crippen molar-refractivity contribution in [2.45, 2.75) is 20.3 Å². The summed E-state index contributed by atoms with van der Waals surface area (Å²) in [6.07, 6.45) is 3.85. The second kappa shape index (κ2) is 5.28. The van der Waals surface area contributed by atoms with E-state index in [2.05, 4.69) is 29.1 Å². The van der Waals surface area contributed by atoms with E-state index < -0.39 is 0 Å². The van der Waals surface area contributed by atoms with Gasteiger partial charge in [0.1, 0.15) is 0 Å². The van der Waals surface area contributed by atoms with Crippen LogP contribution >= 0.6 is 11.6 Å². The smallest absolute Gasteiger partial charge is 0.222 e. The van der Waals surface area contributed by atoms with Gasteiger partial charge in [-0.3, -0.25) is 0 Å². The number of rotatable bonds is 5. The zero-order chi connectivity index (χ0) is 11.3. The van der Waals surface area contributed by atoms with Crippen molar-refractivity contribution < 1.29 is 5.11 Å². The topological polar surface area (TPSA) is 58.0 Å². The van der Waals surface area contributed by atoms with Gasteiger partial charge < -0.3 is 10.4 Å². The first-order valence-corrected chi connectivity index (χ1v) is 5.23. The van der Waals surface area contributed by atoms with Crippen LogP contribution in [0.4, 0.5) is 5.95 Å². The average molecular weight is 230 g/mol. The maximum atomic E-state index is 8.86. The van der Waals surface area contributed by atoms with Gasteiger partial charge in [-0.1, -0.05) is 25.4 Å². The summed E-state index contributed by atoms with van der Waals surface area (Å²) < 4.78 is 0. The number of nitrogens with one attached hydrogen (secondary N) is 1. The van der Waals surface area contributed by atoms with Crippen molar-refractivity contribution in [1.29, 1.82) is 0 Å². The van der Waals surface area contributed by atoms with Crippen LogP contribution in [0.2, 0.25) is 5.02 Å². The van der Waals surface area contributed by atoms with Gasteiger partial charge in [-0.25, -0.2) is 9.97 Å². The number of hydrogen-bond donors (Lipinski definition) is 2. The number of aliphatic hydroxyl groups excluding tert-OH is 1. The molecule has 0 atom stereocenters. The molecule has 1 aromatic rings. The molecule has 0 radical (unpaired) electrons. The molecule has 0 amide bonds. The van der Waals surface area contributed by atoms with E-state index in [0.29, 0.717) is 11.0 Å². The molecule has 1 heterocycles. The fourth-order valence-corrected chi connectivity index (χ4v) is 1.21. The second-order valence-corrected chi connectivity index (χ2v) is 4.65. The van der Waals surface area contributed by atoms with Crippen LogP contribution in [0.25, 0.3) is 0 Å². The summed E-state index contributed by atoms with van der Waals surface area (Å²) in [6.45, 7) is 5.06. The molecule has 5 heteroatoms. The molecule has 0 bridgehead atoms. The quantitative estimate of drug-likeness (QED) is 0.811. The van der Waals surface area contributed by atoms with Gasteiger partial charge >= 0.3 is 0 Å². The van der Waals surface area contributed by atoms with Gasteiger partial charge in [-0.05, 0) is 11.8 Å². The van der Waals surface area contributed by atoms with Crippen LogP contribution in [0.15, 0.2) is 12.4 Å². The van der Waals surface area contributed by atoms with Crippen molar-refractivity contribution in [3.05, 3.63) is 17.4 Å². The molecule has 1 rings (SSSR count). The van der Waals surface area contributed by atoms with Crippen molar-refractivity contribution >= 4 is 17.5 Å². The number of anilines is 1.